The number of hydrogen-bond donors (Lipinski definition) is 1. The normalized spacial score (nSPS) is 14.0. The van der Waals surface area contributed by atoms with Gasteiger partial charge in [-0.05, 0) is 37.5 Å². The Bertz CT molecular complexity index is 852. The summed E-state index contributed by atoms with van der Waals surface area (Å²) < 4.78 is 10.4. The first-order chi connectivity index (χ1) is 14.6. The number of carbonyl (C=O) groups is 2. The largest absolute Gasteiger partial charge is 0.462 e. The average molecular weight is 414 g/mol. The molecule has 1 amide bonds. The lowest BCUT2D eigenvalue weighted by atomic mass is 10.1. The van der Waals surface area contributed by atoms with Gasteiger partial charge in [0.05, 0.1) is 13.2 Å². The molecular formula is C23H31N3O4. The topological polar surface area (TPSA) is 74.9 Å². The number of anilines is 1. The molecule has 0 radical (unpaired) electrons. The van der Waals surface area contributed by atoms with Crippen LogP contribution in [0, 0.1) is 0 Å². The van der Waals surface area contributed by atoms with Crippen molar-refractivity contribution in [3.8, 4) is 11.3 Å². The summed E-state index contributed by atoms with van der Waals surface area (Å²) >= 11 is 0. The number of ether oxygens (including phenoxy) is 2. The number of carbonyl (C=O) groups excluding carboxylic acids is 2. The van der Waals surface area contributed by atoms with Crippen molar-refractivity contribution in [1.82, 2.24) is 9.88 Å². The third kappa shape index (κ3) is 4.96. The fraction of sp³-hybridized carbons (Fsp3) is 0.478. The first-order valence-corrected chi connectivity index (χ1v) is 10.7. The van der Waals surface area contributed by atoms with Crippen LogP contribution in [0.1, 0.15) is 43.1 Å². The summed E-state index contributed by atoms with van der Waals surface area (Å²) in [6.07, 6.45) is 1.87. The maximum Gasteiger partial charge on any atom is 0.409 e. The van der Waals surface area contributed by atoms with Crippen molar-refractivity contribution in [3.63, 3.8) is 0 Å². The summed E-state index contributed by atoms with van der Waals surface area (Å²) in [6.45, 7) is 8.76. The molecule has 1 aliphatic rings. The second-order valence-electron chi connectivity index (χ2n) is 7.29. The minimum absolute atomic E-state index is 0.290. The monoisotopic (exact) mass is 413 g/mol. The molecular weight excluding hydrogens is 382 g/mol. The molecule has 1 aliphatic heterocycles. The molecule has 0 unspecified atom stereocenters. The number of aromatic nitrogens is 1. The Labute approximate surface area is 178 Å². The second kappa shape index (κ2) is 10.2. The van der Waals surface area contributed by atoms with E-state index in [1.165, 1.54) is 5.56 Å². The van der Waals surface area contributed by atoms with Crippen LogP contribution in [0.25, 0.3) is 11.3 Å². The minimum atomic E-state index is -0.342. The summed E-state index contributed by atoms with van der Waals surface area (Å²) in [4.78, 5) is 31.8. The van der Waals surface area contributed by atoms with Crippen molar-refractivity contribution >= 4 is 17.9 Å². The van der Waals surface area contributed by atoms with E-state index in [4.69, 9.17) is 9.47 Å². The number of amides is 1. The molecule has 0 spiro atoms. The van der Waals surface area contributed by atoms with Gasteiger partial charge in [-0.1, -0.05) is 37.6 Å². The fourth-order valence-corrected chi connectivity index (χ4v) is 3.68. The Morgan fingerprint density at radius 1 is 0.967 bits per heavy atom. The summed E-state index contributed by atoms with van der Waals surface area (Å²) in [5, 5.41) is 0. The van der Waals surface area contributed by atoms with Gasteiger partial charge in [-0.25, -0.2) is 9.59 Å². The first-order valence-electron chi connectivity index (χ1n) is 10.7. The number of benzene rings is 1. The second-order valence-corrected chi connectivity index (χ2v) is 7.29. The number of aromatic amines is 1. The molecule has 7 heteroatoms. The van der Waals surface area contributed by atoms with Crippen molar-refractivity contribution in [1.29, 1.82) is 0 Å². The van der Waals surface area contributed by atoms with Gasteiger partial charge < -0.3 is 24.3 Å². The van der Waals surface area contributed by atoms with Crippen molar-refractivity contribution in [2.45, 2.75) is 33.6 Å². The highest BCUT2D eigenvalue weighted by atomic mass is 16.6. The number of esters is 1. The molecule has 162 valence electrons. The molecule has 1 N–H and O–H groups in total. The van der Waals surface area contributed by atoms with Crippen LogP contribution in [-0.2, 0) is 15.9 Å². The summed E-state index contributed by atoms with van der Waals surface area (Å²) in [7, 11) is 0. The van der Waals surface area contributed by atoms with Gasteiger partial charge in [-0.15, -0.1) is 0 Å². The molecule has 3 rings (SSSR count). The highest BCUT2D eigenvalue weighted by molar-refractivity contribution is 5.97. The van der Waals surface area contributed by atoms with E-state index in [0.717, 1.165) is 29.9 Å². The van der Waals surface area contributed by atoms with E-state index >= 15 is 0 Å². The number of nitrogens with zero attached hydrogens (tertiary/aromatic N) is 2. The number of hydrogen-bond acceptors (Lipinski definition) is 5. The maximum absolute atomic E-state index is 12.6. The molecule has 1 aromatic heterocycles. The third-order valence-electron chi connectivity index (χ3n) is 5.22. The molecule has 0 saturated carbocycles. The summed E-state index contributed by atoms with van der Waals surface area (Å²) in [6, 6.07) is 10.3. The van der Waals surface area contributed by atoms with Gasteiger partial charge in [0.1, 0.15) is 11.4 Å². The number of rotatable bonds is 7. The molecule has 2 heterocycles. The van der Waals surface area contributed by atoms with Crippen molar-refractivity contribution in [2.24, 2.45) is 0 Å². The van der Waals surface area contributed by atoms with Gasteiger partial charge in [0, 0.05) is 31.9 Å². The van der Waals surface area contributed by atoms with Crippen LogP contribution < -0.4 is 4.90 Å². The van der Waals surface area contributed by atoms with Gasteiger partial charge in [0.2, 0.25) is 0 Å². The molecule has 0 atom stereocenters. The van der Waals surface area contributed by atoms with E-state index in [1.54, 1.807) is 18.7 Å². The van der Waals surface area contributed by atoms with Gasteiger partial charge in [-0.2, -0.15) is 0 Å². The minimum Gasteiger partial charge on any atom is -0.462 e. The van der Waals surface area contributed by atoms with Crippen LogP contribution in [0.3, 0.4) is 0 Å². The Morgan fingerprint density at radius 2 is 1.63 bits per heavy atom. The quantitative estimate of drug-likeness (QED) is 0.692. The van der Waals surface area contributed by atoms with E-state index < -0.39 is 0 Å². The molecule has 0 aliphatic carbocycles. The maximum atomic E-state index is 12.6. The van der Waals surface area contributed by atoms with Crippen LogP contribution >= 0.6 is 0 Å². The van der Waals surface area contributed by atoms with Gasteiger partial charge in [0.15, 0.2) is 0 Å². The van der Waals surface area contributed by atoms with E-state index in [1.807, 2.05) is 6.07 Å². The summed E-state index contributed by atoms with van der Waals surface area (Å²) in [5.74, 6) is 0.398. The van der Waals surface area contributed by atoms with Crippen molar-refractivity contribution < 1.29 is 19.1 Å². The predicted molar refractivity (Wildman–Crippen MR) is 117 cm³/mol. The van der Waals surface area contributed by atoms with Gasteiger partial charge in [0.25, 0.3) is 0 Å². The standard InChI is InChI=1S/C23H31N3O4/c1-4-7-17-8-10-18(11-9-17)20-16-19(22(27)29-5-2)21(24-20)25-12-14-26(15-13-25)23(28)30-6-3/h8-11,16,24H,4-7,12-15H2,1-3H3. The van der Waals surface area contributed by atoms with Crippen LogP contribution in [0.5, 0.6) is 0 Å². The number of aryl methyl sites for hydroxylation is 1. The zero-order chi connectivity index (χ0) is 21.5. The number of nitrogens with one attached hydrogen (secondary N) is 1. The first kappa shape index (κ1) is 21.7. The number of piperazine rings is 1. The van der Waals surface area contributed by atoms with Crippen LogP contribution in [0.15, 0.2) is 30.3 Å². The van der Waals surface area contributed by atoms with E-state index in [0.29, 0.717) is 45.0 Å². The Morgan fingerprint density at radius 3 is 2.23 bits per heavy atom. The van der Waals surface area contributed by atoms with Crippen molar-refractivity contribution in [3.05, 3.63) is 41.5 Å². The Balaban J connectivity index is 1.82. The molecule has 1 fully saturated rings. The van der Waals surface area contributed by atoms with E-state index in [2.05, 4.69) is 41.1 Å². The van der Waals surface area contributed by atoms with Crippen LogP contribution in [0.2, 0.25) is 0 Å². The smallest absolute Gasteiger partial charge is 0.409 e. The van der Waals surface area contributed by atoms with Crippen molar-refractivity contribution in [2.75, 3.05) is 44.3 Å². The van der Waals surface area contributed by atoms with Crippen LogP contribution in [-0.4, -0.2) is 61.3 Å². The lowest BCUT2D eigenvalue weighted by Gasteiger charge is -2.35. The van der Waals surface area contributed by atoms with Gasteiger partial charge >= 0.3 is 12.1 Å². The highest BCUT2D eigenvalue weighted by Gasteiger charge is 2.27. The lowest BCUT2D eigenvalue weighted by molar-refractivity contribution is 0.0526. The predicted octanol–water partition coefficient (Wildman–Crippen LogP) is 4.09. The van der Waals surface area contributed by atoms with E-state index in [9.17, 15) is 9.59 Å². The SMILES string of the molecule is CCCc1ccc(-c2cc(C(=O)OCC)c(N3CCN(C(=O)OCC)CC3)[nH]2)cc1. The molecule has 1 saturated heterocycles. The number of H-pyrrole nitrogens is 1. The molecule has 0 bridgehead atoms. The molecule has 2 aromatic rings. The highest BCUT2D eigenvalue weighted by Crippen LogP contribution is 2.29. The zero-order valence-electron chi connectivity index (χ0n) is 18.1. The average Bonchev–Trinajstić information content (AvgIpc) is 3.21. The third-order valence-corrected chi connectivity index (χ3v) is 5.22. The molecule has 1 aromatic carbocycles. The van der Waals surface area contributed by atoms with Crippen LogP contribution in [0.4, 0.5) is 10.6 Å². The summed E-state index contributed by atoms with van der Waals surface area (Å²) in [5.41, 5.74) is 3.73. The fourth-order valence-electron chi connectivity index (χ4n) is 3.68. The zero-order valence-corrected chi connectivity index (χ0v) is 18.1. The Hall–Kier alpha value is -2.96. The van der Waals surface area contributed by atoms with Gasteiger partial charge in [-0.3, -0.25) is 0 Å². The van der Waals surface area contributed by atoms with E-state index in [-0.39, 0.29) is 12.1 Å². The molecule has 30 heavy (non-hydrogen) atoms. The molecule has 7 nitrogen and oxygen atoms in total. The lowest BCUT2D eigenvalue weighted by Crippen LogP contribution is -2.49. The Kier molecular flexibility index (Phi) is 7.38.